The van der Waals surface area contributed by atoms with E-state index >= 15 is 0 Å². The van der Waals surface area contributed by atoms with Crippen LogP contribution in [0.1, 0.15) is 27.2 Å². The molecule has 0 amide bonds. The van der Waals surface area contributed by atoms with Crippen LogP contribution in [-0.2, 0) is 23.6 Å². The molecule has 5 nitrogen and oxygen atoms in total. The second kappa shape index (κ2) is 13.3. The van der Waals surface area contributed by atoms with Crippen molar-refractivity contribution in [2.45, 2.75) is 39.0 Å². The molecule has 0 aromatic rings. The minimum absolute atomic E-state index is 0.113. The molecule has 0 aromatic heterocycles. The van der Waals surface area contributed by atoms with Crippen molar-refractivity contribution in [1.29, 1.82) is 0 Å². The van der Waals surface area contributed by atoms with Crippen LogP contribution in [0.25, 0.3) is 0 Å². The Kier molecular flexibility index (Phi) is 12.4. The smallest absolute Gasteiger partial charge is 0.366 e. The van der Waals surface area contributed by atoms with Crippen molar-refractivity contribution in [3.8, 4) is 24.2 Å². The van der Waals surface area contributed by atoms with Crippen molar-refractivity contribution in [3.05, 3.63) is 0 Å². The fraction of sp³-hybridized carbons (Fsp3) is 0.688. The molecule has 122 valence electrons. The molecule has 0 radical (unpaired) electrons. The predicted molar refractivity (Wildman–Crippen MR) is 86.0 cm³/mol. The molecule has 0 spiro atoms. The van der Waals surface area contributed by atoms with Crippen LogP contribution in [-0.4, -0.2) is 50.3 Å². The summed E-state index contributed by atoms with van der Waals surface area (Å²) in [6, 6.07) is 0. The molecule has 3 unspecified atom stereocenters. The van der Waals surface area contributed by atoms with E-state index in [1.54, 1.807) is 13.8 Å². The maximum Gasteiger partial charge on any atom is 0.366 e. The van der Waals surface area contributed by atoms with Gasteiger partial charge in [-0.15, -0.1) is 6.42 Å². The average molecular weight is 327 g/mol. The molecule has 0 rings (SSSR count). The Morgan fingerprint density at radius 1 is 1.23 bits per heavy atom. The third kappa shape index (κ3) is 11.3. The van der Waals surface area contributed by atoms with Crippen LogP contribution >= 0.6 is 7.80 Å². The Morgan fingerprint density at radius 2 is 1.91 bits per heavy atom. The number of hydrogen-bond acceptors (Lipinski definition) is 5. The SMILES string of the molecule is C#CC(C)OCCOCCOC(=O)C[P+](=O)C(C)C#CCC. The Balaban J connectivity index is 3.66. The molecule has 0 bridgehead atoms. The van der Waals surface area contributed by atoms with Gasteiger partial charge in [0.15, 0.2) is 0 Å². The van der Waals surface area contributed by atoms with Crippen molar-refractivity contribution < 1.29 is 23.6 Å². The average Bonchev–Trinajstić information content (AvgIpc) is 2.50. The zero-order valence-corrected chi connectivity index (χ0v) is 14.4. The maximum absolute atomic E-state index is 11.8. The molecule has 0 fully saturated rings. The Labute approximate surface area is 133 Å². The third-order valence-corrected chi connectivity index (χ3v) is 4.09. The molecular weight excluding hydrogens is 303 g/mol. The van der Waals surface area contributed by atoms with Crippen LogP contribution < -0.4 is 0 Å². The lowest BCUT2D eigenvalue weighted by Gasteiger charge is -2.07. The second-order valence-corrected chi connectivity index (χ2v) is 6.36. The highest BCUT2D eigenvalue weighted by Gasteiger charge is 2.28. The minimum Gasteiger partial charge on any atom is -0.460 e. The van der Waals surface area contributed by atoms with Gasteiger partial charge in [0.2, 0.25) is 11.8 Å². The summed E-state index contributed by atoms with van der Waals surface area (Å²) in [6.07, 6.45) is 5.50. The first-order valence-electron chi connectivity index (χ1n) is 7.24. The lowest BCUT2D eigenvalue weighted by molar-refractivity contribution is -0.142. The summed E-state index contributed by atoms with van der Waals surface area (Å²) >= 11 is 0. The van der Waals surface area contributed by atoms with Crippen molar-refractivity contribution >= 4 is 13.8 Å². The van der Waals surface area contributed by atoms with Crippen LogP contribution in [0.2, 0.25) is 0 Å². The summed E-state index contributed by atoms with van der Waals surface area (Å²) in [5.74, 6) is 7.65. The van der Waals surface area contributed by atoms with Gasteiger partial charge >= 0.3 is 13.8 Å². The second-order valence-electron chi connectivity index (χ2n) is 4.44. The van der Waals surface area contributed by atoms with Gasteiger partial charge in [0.25, 0.3) is 0 Å². The molecule has 6 heteroatoms. The van der Waals surface area contributed by atoms with Gasteiger partial charge in [-0.3, -0.25) is 0 Å². The lowest BCUT2D eigenvalue weighted by atomic mass is 10.4. The molecule has 0 N–H and O–H groups in total. The van der Waals surface area contributed by atoms with Gasteiger partial charge in [0, 0.05) is 6.42 Å². The summed E-state index contributed by atoms with van der Waals surface area (Å²) in [6.45, 7) is 6.59. The van der Waals surface area contributed by atoms with Gasteiger partial charge in [-0.05, 0) is 19.8 Å². The van der Waals surface area contributed by atoms with Crippen molar-refractivity contribution in [1.82, 2.24) is 0 Å². The summed E-state index contributed by atoms with van der Waals surface area (Å²) < 4.78 is 27.2. The van der Waals surface area contributed by atoms with E-state index in [1.165, 1.54) is 0 Å². The van der Waals surface area contributed by atoms with E-state index in [0.29, 0.717) is 19.6 Å². The summed E-state index contributed by atoms with van der Waals surface area (Å²) in [4.78, 5) is 11.5. The van der Waals surface area contributed by atoms with Gasteiger partial charge < -0.3 is 14.2 Å². The third-order valence-electron chi connectivity index (χ3n) is 2.53. The summed E-state index contributed by atoms with van der Waals surface area (Å²) in [5.41, 5.74) is -0.297. The van der Waals surface area contributed by atoms with Crippen LogP contribution in [0, 0.1) is 24.2 Å². The number of terminal acetylenes is 1. The van der Waals surface area contributed by atoms with Gasteiger partial charge in [-0.25, -0.2) is 4.79 Å². The molecule has 0 aliphatic heterocycles. The van der Waals surface area contributed by atoms with Crippen molar-refractivity contribution in [3.63, 3.8) is 0 Å². The molecular formula is C16H24O5P+. The lowest BCUT2D eigenvalue weighted by Crippen LogP contribution is -2.16. The largest absolute Gasteiger partial charge is 0.460 e. The first-order valence-corrected chi connectivity index (χ1v) is 8.75. The normalized spacial score (nSPS) is 13.3. The van der Waals surface area contributed by atoms with Crippen LogP contribution in [0.15, 0.2) is 0 Å². The standard InChI is InChI=1S/C16H24O5P/c1-5-7-8-15(4)22(18)13-16(17)21-12-10-19-9-11-20-14(3)6-2/h2,14-15H,5,9-13H2,1,3-4H3/q+1. The fourth-order valence-electron chi connectivity index (χ4n) is 1.28. The topological polar surface area (TPSA) is 61.8 Å². The molecule has 0 saturated carbocycles. The summed E-state index contributed by atoms with van der Waals surface area (Å²) in [7, 11) is -1.71. The zero-order valence-electron chi connectivity index (χ0n) is 13.5. The van der Waals surface area contributed by atoms with Gasteiger partial charge in [0.05, 0.1) is 19.8 Å². The van der Waals surface area contributed by atoms with Gasteiger partial charge in [-0.2, -0.15) is 0 Å². The number of carbonyl (C=O) groups is 1. The highest BCUT2D eigenvalue weighted by molar-refractivity contribution is 7.46. The highest BCUT2D eigenvalue weighted by Crippen LogP contribution is 2.27. The van der Waals surface area contributed by atoms with E-state index in [9.17, 15) is 9.36 Å². The number of rotatable bonds is 10. The van der Waals surface area contributed by atoms with E-state index in [-0.39, 0.29) is 31.1 Å². The molecule has 0 heterocycles. The maximum atomic E-state index is 11.8. The predicted octanol–water partition coefficient (Wildman–Crippen LogP) is 2.21. The highest BCUT2D eigenvalue weighted by atomic mass is 31.1. The first kappa shape index (κ1) is 20.6. The molecule has 0 saturated heterocycles. The molecule has 3 atom stereocenters. The van der Waals surface area contributed by atoms with Gasteiger partial charge in [0.1, 0.15) is 12.7 Å². The Bertz CT molecular complexity index is 444. The van der Waals surface area contributed by atoms with Gasteiger partial charge in [-0.1, -0.05) is 23.3 Å². The van der Waals surface area contributed by atoms with E-state index in [4.69, 9.17) is 20.6 Å². The first-order chi connectivity index (χ1) is 10.5. The van der Waals surface area contributed by atoms with E-state index < -0.39 is 13.8 Å². The minimum atomic E-state index is -1.71. The van der Waals surface area contributed by atoms with E-state index in [2.05, 4.69) is 17.8 Å². The van der Waals surface area contributed by atoms with E-state index in [1.807, 2.05) is 6.92 Å². The van der Waals surface area contributed by atoms with Crippen LogP contribution in [0.3, 0.4) is 0 Å². The van der Waals surface area contributed by atoms with Crippen LogP contribution in [0.4, 0.5) is 0 Å². The summed E-state index contributed by atoms with van der Waals surface area (Å²) in [5, 5.41) is 0. The quantitative estimate of drug-likeness (QED) is 0.266. The Hall–Kier alpha value is -1.39. The number of hydrogen-bond donors (Lipinski definition) is 0. The van der Waals surface area contributed by atoms with Crippen LogP contribution in [0.5, 0.6) is 0 Å². The number of ether oxygens (including phenoxy) is 3. The fourth-order valence-corrected chi connectivity index (χ4v) is 2.13. The number of carbonyl (C=O) groups excluding carboxylic acids is 1. The molecule has 22 heavy (non-hydrogen) atoms. The molecule has 0 aromatic carbocycles. The monoisotopic (exact) mass is 327 g/mol. The molecule has 0 aliphatic rings. The van der Waals surface area contributed by atoms with Crippen molar-refractivity contribution in [2.24, 2.45) is 0 Å². The Morgan fingerprint density at radius 3 is 2.55 bits per heavy atom. The molecule has 0 aliphatic carbocycles. The zero-order chi connectivity index (χ0) is 16.8. The van der Waals surface area contributed by atoms with Crippen molar-refractivity contribution in [2.75, 3.05) is 32.6 Å². The number of esters is 1. The van der Waals surface area contributed by atoms with E-state index in [0.717, 1.165) is 0 Å².